The van der Waals surface area contributed by atoms with Crippen LogP contribution in [0.15, 0.2) is 59.6 Å². The van der Waals surface area contributed by atoms with E-state index in [9.17, 15) is 18.0 Å². The van der Waals surface area contributed by atoms with Gasteiger partial charge in [0.2, 0.25) is 5.91 Å². The molecule has 0 saturated carbocycles. The number of benzene rings is 2. The number of thioether (sulfide) groups is 1. The molecule has 37 heavy (non-hydrogen) atoms. The number of nitrogens with one attached hydrogen (secondary N) is 1. The lowest BCUT2D eigenvalue weighted by molar-refractivity contribution is -0.137. The van der Waals surface area contributed by atoms with Crippen molar-refractivity contribution in [3.8, 4) is 32.6 Å². The highest BCUT2D eigenvalue weighted by Gasteiger charge is 2.31. The monoisotopic (exact) mass is 546 g/mol. The van der Waals surface area contributed by atoms with Crippen LogP contribution in [0.4, 0.5) is 18.9 Å². The number of aryl methyl sites for hydroxylation is 1. The predicted octanol–water partition coefficient (Wildman–Crippen LogP) is 6.34. The molecule has 0 atom stereocenters. The van der Waals surface area contributed by atoms with Crippen LogP contribution >= 0.6 is 23.1 Å². The maximum absolute atomic E-state index is 13.0. The maximum Gasteiger partial charge on any atom is 0.416 e. The van der Waals surface area contributed by atoms with Crippen molar-refractivity contribution in [2.45, 2.75) is 18.1 Å². The number of ether oxygens (including phenoxy) is 2. The predicted molar refractivity (Wildman–Crippen MR) is 137 cm³/mol. The number of aromatic nitrogens is 3. The van der Waals surface area contributed by atoms with E-state index in [1.54, 1.807) is 19.2 Å². The molecule has 12 heteroatoms. The van der Waals surface area contributed by atoms with Crippen LogP contribution < -0.4 is 14.8 Å². The zero-order valence-electron chi connectivity index (χ0n) is 19.9. The molecular formula is C25H21F3N4O3S2. The van der Waals surface area contributed by atoms with Crippen molar-refractivity contribution in [1.29, 1.82) is 0 Å². The maximum atomic E-state index is 13.0. The van der Waals surface area contributed by atoms with Crippen molar-refractivity contribution in [1.82, 2.24) is 15.2 Å². The molecule has 2 aromatic heterocycles. The first-order chi connectivity index (χ1) is 17.7. The molecule has 0 spiro atoms. The van der Waals surface area contributed by atoms with Gasteiger partial charge in [-0.05, 0) is 61.5 Å². The third-order valence-electron chi connectivity index (χ3n) is 5.16. The first-order valence-electron chi connectivity index (χ1n) is 10.8. The standard InChI is InChI=1S/C25H21F3N4O3S2/c1-14-23(37-24(29-14)15-4-7-17(34-2)8-5-15)18-9-11-22(32-31-18)36-13-21(33)30-19-12-16(25(26,27)28)6-10-20(19)35-3/h4-12H,13H2,1-3H3,(H,30,33). The van der Waals surface area contributed by atoms with Gasteiger partial charge in [-0.2, -0.15) is 13.2 Å². The molecule has 1 N–H and O–H groups in total. The van der Waals surface area contributed by atoms with E-state index in [2.05, 4.69) is 20.5 Å². The molecule has 0 unspecified atom stereocenters. The molecular weight excluding hydrogens is 525 g/mol. The Morgan fingerprint density at radius 3 is 2.41 bits per heavy atom. The van der Waals surface area contributed by atoms with Crippen molar-refractivity contribution in [2.24, 2.45) is 0 Å². The second-order valence-corrected chi connectivity index (χ2v) is 9.66. The number of hydrogen-bond donors (Lipinski definition) is 1. The average molecular weight is 547 g/mol. The summed E-state index contributed by atoms with van der Waals surface area (Å²) in [7, 11) is 2.93. The lowest BCUT2D eigenvalue weighted by Gasteiger charge is -2.13. The lowest BCUT2D eigenvalue weighted by Crippen LogP contribution is -2.16. The second-order valence-electron chi connectivity index (χ2n) is 7.67. The number of alkyl halides is 3. The molecule has 0 aliphatic carbocycles. The number of halogens is 3. The van der Waals surface area contributed by atoms with Gasteiger partial charge in [0.25, 0.3) is 0 Å². The van der Waals surface area contributed by atoms with Gasteiger partial charge in [0.05, 0.1) is 41.8 Å². The quantitative estimate of drug-likeness (QED) is 0.258. The highest BCUT2D eigenvalue weighted by molar-refractivity contribution is 7.99. The van der Waals surface area contributed by atoms with E-state index < -0.39 is 17.6 Å². The normalized spacial score (nSPS) is 11.3. The number of rotatable bonds is 8. The molecule has 1 amide bonds. The van der Waals surface area contributed by atoms with Crippen LogP contribution in [0, 0.1) is 6.92 Å². The van der Waals surface area contributed by atoms with Crippen molar-refractivity contribution in [3.05, 3.63) is 65.9 Å². The van der Waals surface area contributed by atoms with Crippen molar-refractivity contribution in [3.63, 3.8) is 0 Å². The molecule has 192 valence electrons. The zero-order valence-corrected chi connectivity index (χ0v) is 21.6. The summed E-state index contributed by atoms with van der Waals surface area (Å²) in [6, 6.07) is 14.0. The zero-order chi connectivity index (χ0) is 26.6. The van der Waals surface area contributed by atoms with Gasteiger partial charge in [-0.15, -0.1) is 21.5 Å². The summed E-state index contributed by atoms with van der Waals surface area (Å²) < 4.78 is 49.3. The first-order valence-corrected chi connectivity index (χ1v) is 12.6. The number of nitrogens with zero attached hydrogens (tertiary/aromatic N) is 3. The van der Waals surface area contributed by atoms with Gasteiger partial charge in [0.1, 0.15) is 27.2 Å². The highest BCUT2D eigenvalue weighted by Crippen LogP contribution is 2.36. The van der Waals surface area contributed by atoms with Crippen LogP contribution in [0.5, 0.6) is 11.5 Å². The van der Waals surface area contributed by atoms with Gasteiger partial charge >= 0.3 is 6.18 Å². The molecule has 2 heterocycles. The number of carbonyl (C=O) groups excluding carboxylic acids is 1. The van der Waals surface area contributed by atoms with Crippen molar-refractivity contribution in [2.75, 3.05) is 25.3 Å². The van der Waals surface area contributed by atoms with E-state index in [0.29, 0.717) is 10.7 Å². The number of thiazole rings is 1. The molecule has 0 fully saturated rings. The number of amides is 1. The third-order valence-corrected chi connectivity index (χ3v) is 7.31. The summed E-state index contributed by atoms with van der Waals surface area (Å²) in [5, 5.41) is 12.3. The van der Waals surface area contributed by atoms with E-state index in [-0.39, 0.29) is 17.2 Å². The summed E-state index contributed by atoms with van der Waals surface area (Å²) in [5.74, 6) is 0.313. The summed E-state index contributed by atoms with van der Waals surface area (Å²) in [4.78, 5) is 17.9. The second kappa shape index (κ2) is 11.2. The Bertz CT molecular complexity index is 1390. The number of methoxy groups -OCH3 is 2. The Labute approximate surface area is 219 Å². The minimum atomic E-state index is -4.54. The van der Waals surface area contributed by atoms with Crippen LogP contribution in [0.1, 0.15) is 11.3 Å². The van der Waals surface area contributed by atoms with Crippen LogP contribution in [0.25, 0.3) is 21.1 Å². The summed E-state index contributed by atoms with van der Waals surface area (Å²) >= 11 is 2.61. The van der Waals surface area contributed by atoms with Crippen LogP contribution in [-0.4, -0.2) is 41.1 Å². The molecule has 0 aliphatic heterocycles. The number of carbonyl (C=O) groups is 1. The van der Waals surface area contributed by atoms with Gasteiger partial charge in [0.15, 0.2) is 0 Å². The van der Waals surface area contributed by atoms with Crippen molar-refractivity contribution < 1.29 is 27.4 Å². The Morgan fingerprint density at radius 1 is 1.03 bits per heavy atom. The molecule has 4 rings (SSSR count). The summed E-state index contributed by atoms with van der Waals surface area (Å²) in [5.41, 5.74) is 1.49. The Hall–Kier alpha value is -3.64. The van der Waals surface area contributed by atoms with E-state index in [1.807, 2.05) is 31.2 Å². The lowest BCUT2D eigenvalue weighted by atomic mass is 10.2. The first kappa shape index (κ1) is 26.4. The fourth-order valence-corrected chi connectivity index (χ4v) is 4.97. The van der Waals surface area contributed by atoms with Gasteiger partial charge in [0, 0.05) is 5.56 Å². The van der Waals surface area contributed by atoms with Gasteiger partial charge in [-0.25, -0.2) is 4.98 Å². The smallest absolute Gasteiger partial charge is 0.416 e. The SMILES string of the molecule is COc1ccc(-c2nc(C)c(-c3ccc(SCC(=O)Nc4cc(C(F)(F)F)ccc4OC)nn3)s2)cc1. The molecule has 7 nitrogen and oxygen atoms in total. The molecule has 0 bridgehead atoms. The van der Waals surface area contributed by atoms with Gasteiger partial charge in [-0.3, -0.25) is 4.79 Å². The van der Waals surface area contributed by atoms with Crippen molar-refractivity contribution >= 4 is 34.7 Å². The number of hydrogen-bond acceptors (Lipinski definition) is 8. The fraction of sp³-hybridized carbons (Fsp3) is 0.200. The van der Waals surface area contributed by atoms with Crippen LogP contribution in [0.3, 0.4) is 0 Å². The largest absolute Gasteiger partial charge is 0.497 e. The van der Waals surface area contributed by atoms with E-state index in [1.165, 1.54) is 18.4 Å². The molecule has 0 saturated heterocycles. The molecule has 2 aromatic carbocycles. The van der Waals surface area contributed by atoms with Gasteiger partial charge in [-0.1, -0.05) is 11.8 Å². The number of anilines is 1. The Balaban J connectivity index is 1.40. The minimum absolute atomic E-state index is 0.0577. The summed E-state index contributed by atoms with van der Waals surface area (Å²) in [6.07, 6.45) is -4.54. The molecule has 0 aliphatic rings. The average Bonchev–Trinajstić information content (AvgIpc) is 3.28. The Morgan fingerprint density at radius 2 is 1.78 bits per heavy atom. The third kappa shape index (κ3) is 6.38. The fourth-order valence-electron chi connectivity index (χ4n) is 3.32. The van der Waals surface area contributed by atoms with E-state index >= 15 is 0 Å². The topological polar surface area (TPSA) is 86.2 Å². The minimum Gasteiger partial charge on any atom is -0.497 e. The highest BCUT2D eigenvalue weighted by atomic mass is 32.2. The summed E-state index contributed by atoms with van der Waals surface area (Å²) in [6.45, 7) is 1.90. The van der Waals surface area contributed by atoms with E-state index in [0.717, 1.165) is 56.9 Å². The van der Waals surface area contributed by atoms with E-state index in [4.69, 9.17) is 9.47 Å². The molecule has 4 aromatic rings. The Kier molecular flexibility index (Phi) is 7.98. The van der Waals surface area contributed by atoms with Gasteiger partial charge < -0.3 is 14.8 Å². The van der Waals surface area contributed by atoms with Crippen LogP contribution in [-0.2, 0) is 11.0 Å². The van der Waals surface area contributed by atoms with Crippen LogP contribution in [0.2, 0.25) is 0 Å². The molecule has 0 radical (unpaired) electrons.